The minimum Gasteiger partial charge on any atom is -0.356 e. The summed E-state index contributed by atoms with van der Waals surface area (Å²) in [6, 6.07) is 32.6. The quantitative estimate of drug-likeness (QED) is 0.373. The van der Waals surface area contributed by atoms with Crippen LogP contribution in [0, 0.1) is 0 Å². The van der Waals surface area contributed by atoms with E-state index in [1.807, 2.05) is 6.08 Å². The van der Waals surface area contributed by atoms with E-state index in [4.69, 9.17) is 0 Å². The Hall–Kier alpha value is -3.58. The summed E-state index contributed by atoms with van der Waals surface area (Å²) in [5, 5.41) is 3.58. The van der Waals surface area contributed by atoms with E-state index in [0.717, 1.165) is 16.9 Å². The largest absolute Gasteiger partial charge is 0.356 e. The van der Waals surface area contributed by atoms with Gasteiger partial charge in [0, 0.05) is 16.8 Å². The number of nitrogens with one attached hydrogen (secondary N) is 1. The van der Waals surface area contributed by atoms with Gasteiger partial charge in [0.25, 0.3) is 0 Å². The van der Waals surface area contributed by atoms with Gasteiger partial charge in [0.15, 0.2) is 0 Å². The van der Waals surface area contributed by atoms with Crippen molar-refractivity contribution in [3.8, 4) is 22.3 Å². The molecule has 1 heteroatoms. The van der Waals surface area contributed by atoms with Gasteiger partial charge in [-0.05, 0) is 63.2 Å². The van der Waals surface area contributed by atoms with Gasteiger partial charge in [-0.1, -0.05) is 93.2 Å². The molecule has 0 aromatic heterocycles. The molecule has 4 aromatic rings. The molecule has 0 unspecified atom stereocenters. The fourth-order valence-electron chi connectivity index (χ4n) is 4.51. The fraction of sp³-hybridized carbons (Fsp3) is 0.103. The first-order chi connectivity index (χ1) is 14.6. The Kier molecular flexibility index (Phi) is 4.33. The Labute approximate surface area is 178 Å². The van der Waals surface area contributed by atoms with Crippen molar-refractivity contribution in [2.24, 2.45) is 0 Å². The molecule has 0 aliphatic heterocycles. The zero-order valence-electron chi connectivity index (χ0n) is 17.4. The molecular weight excluding hydrogens is 362 g/mol. The molecule has 4 aromatic carbocycles. The maximum absolute atomic E-state index is 3.82. The minimum absolute atomic E-state index is 0.0189. The van der Waals surface area contributed by atoms with Crippen LogP contribution in [0.4, 0.5) is 11.4 Å². The summed E-state index contributed by atoms with van der Waals surface area (Å²) in [5.74, 6) is 0. The zero-order chi connectivity index (χ0) is 20.7. The first-order valence-electron chi connectivity index (χ1n) is 10.4. The molecule has 0 fully saturated rings. The molecule has 0 heterocycles. The number of benzene rings is 4. The van der Waals surface area contributed by atoms with Crippen molar-refractivity contribution in [2.75, 3.05) is 5.32 Å². The van der Waals surface area contributed by atoms with Crippen LogP contribution >= 0.6 is 0 Å². The molecule has 1 N–H and O–H groups in total. The fourth-order valence-corrected chi connectivity index (χ4v) is 4.51. The lowest BCUT2D eigenvalue weighted by Crippen LogP contribution is -2.15. The van der Waals surface area contributed by atoms with Crippen molar-refractivity contribution in [1.29, 1.82) is 0 Å². The van der Waals surface area contributed by atoms with E-state index in [9.17, 15) is 0 Å². The van der Waals surface area contributed by atoms with Gasteiger partial charge in [-0.3, -0.25) is 0 Å². The first kappa shape index (κ1) is 18.4. The van der Waals surface area contributed by atoms with E-state index >= 15 is 0 Å². The van der Waals surface area contributed by atoms with Crippen LogP contribution in [0.5, 0.6) is 0 Å². The SMILES string of the molecule is C=Cc1ccc(-c2ccc(Nc3ccc4c(c3)C(C)(C)c3ccccc3-4)cc2)cc1. The van der Waals surface area contributed by atoms with Crippen LogP contribution in [0.2, 0.25) is 0 Å². The van der Waals surface area contributed by atoms with Crippen LogP contribution in [-0.2, 0) is 5.41 Å². The Balaban J connectivity index is 1.41. The van der Waals surface area contributed by atoms with E-state index in [-0.39, 0.29) is 5.41 Å². The number of hydrogen-bond donors (Lipinski definition) is 1. The van der Waals surface area contributed by atoms with Crippen LogP contribution in [0.25, 0.3) is 28.3 Å². The Morgan fingerprint density at radius 3 is 1.97 bits per heavy atom. The summed E-state index contributed by atoms with van der Waals surface area (Å²) in [4.78, 5) is 0. The topological polar surface area (TPSA) is 12.0 Å². The highest BCUT2D eigenvalue weighted by Crippen LogP contribution is 2.49. The molecule has 0 amide bonds. The van der Waals surface area contributed by atoms with Crippen LogP contribution < -0.4 is 5.32 Å². The number of anilines is 2. The van der Waals surface area contributed by atoms with Crippen LogP contribution in [-0.4, -0.2) is 0 Å². The molecule has 1 aliphatic carbocycles. The lowest BCUT2D eigenvalue weighted by Gasteiger charge is -2.22. The number of hydrogen-bond acceptors (Lipinski definition) is 1. The normalized spacial score (nSPS) is 13.4. The second-order valence-electron chi connectivity index (χ2n) is 8.46. The van der Waals surface area contributed by atoms with E-state index < -0.39 is 0 Å². The standard InChI is InChI=1S/C29H25N/c1-4-20-9-11-21(12-10-20)22-13-15-23(16-14-22)30-24-17-18-26-25-7-5-6-8-27(25)29(2,3)28(26)19-24/h4-19,30H,1H2,2-3H3. The van der Waals surface area contributed by atoms with Gasteiger partial charge in [-0.2, -0.15) is 0 Å². The molecule has 0 saturated carbocycles. The molecule has 30 heavy (non-hydrogen) atoms. The van der Waals surface area contributed by atoms with Crippen molar-refractivity contribution in [3.63, 3.8) is 0 Å². The van der Waals surface area contributed by atoms with Crippen molar-refractivity contribution in [2.45, 2.75) is 19.3 Å². The lowest BCUT2D eigenvalue weighted by molar-refractivity contribution is 0.660. The van der Waals surface area contributed by atoms with Crippen molar-refractivity contribution < 1.29 is 0 Å². The summed E-state index contributed by atoms with van der Waals surface area (Å²) in [6.07, 6.45) is 1.87. The van der Waals surface area contributed by atoms with E-state index in [1.54, 1.807) is 0 Å². The third-order valence-electron chi connectivity index (χ3n) is 6.24. The third kappa shape index (κ3) is 3.04. The smallest absolute Gasteiger partial charge is 0.0387 e. The van der Waals surface area contributed by atoms with E-state index in [1.165, 1.54) is 33.4 Å². The molecule has 146 valence electrons. The van der Waals surface area contributed by atoms with E-state index in [2.05, 4.69) is 117 Å². The van der Waals surface area contributed by atoms with Gasteiger partial charge in [0.2, 0.25) is 0 Å². The molecule has 1 nitrogen and oxygen atoms in total. The second kappa shape index (κ2) is 7.03. The Morgan fingerprint density at radius 2 is 1.27 bits per heavy atom. The Bertz CT molecular complexity index is 1230. The highest BCUT2D eigenvalue weighted by Gasteiger charge is 2.35. The van der Waals surface area contributed by atoms with Crippen LogP contribution in [0.1, 0.15) is 30.5 Å². The first-order valence-corrected chi connectivity index (χ1v) is 10.4. The molecule has 0 spiro atoms. The monoisotopic (exact) mass is 387 g/mol. The van der Waals surface area contributed by atoms with Gasteiger partial charge < -0.3 is 5.32 Å². The van der Waals surface area contributed by atoms with Crippen LogP contribution in [0.3, 0.4) is 0 Å². The molecule has 5 rings (SSSR count). The maximum atomic E-state index is 3.82. The molecule has 0 radical (unpaired) electrons. The van der Waals surface area contributed by atoms with Gasteiger partial charge in [0.1, 0.15) is 0 Å². The summed E-state index contributed by atoms with van der Waals surface area (Å²) in [5.41, 5.74) is 11.3. The van der Waals surface area contributed by atoms with Crippen molar-refractivity contribution in [1.82, 2.24) is 0 Å². The summed E-state index contributed by atoms with van der Waals surface area (Å²) in [6.45, 7) is 8.45. The number of fused-ring (bicyclic) bond motifs is 3. The molecule has 0 atom stereocenters. The number of rotatable bonds is 4. The molecule has 1 aliphatic rings. The maximum Gasteiger partial charge on any atom is 0.0387 e. The van der Waals surface area contributed by atoms with Crippen molar-refractivity contribution in [3.05, 3.63) is 114 Å². The molecular formula is C29H25N. The van der Waals surface area contributed by atoms with Crippen molar-refractivity contribution >= 4 is 17.5 Å². The molecule has 0 saturated heterocycles. The highest BCUT2D eigenvalue weighted by molar-refractivity contribution is 5.83. The zero-order valence-corrected chi connectivity index (χ0v) is 17.4. The van der Waals surface area contributed by atoms with Gasteiger partial charge >= 0.3 is 0 Å². The predicted molar refractivity (Wildman–Crippen MR) is 129 cm³/mol. The minimum atomic E-state index is 0.0189. The lowest BCUT2D eigenvalue weighted by atomic mass is 9.82. The Morgan fingerprint density at radius 1 is 0.667 bits per heavy atom. The average Bonchev–Trinajstić information content (AvgIpc) is 3.01. The summed E-state index contributed by atoms with van der Waals surface area (Å²) < 4.78 is 0. The third-order valence-corrected chi connectivity index (χ3v) is 6.24. The van der Waals surface area contributed by atoms with Gasteiger partial charge in [-0.25, -0.2) is 0 Å². The van der Waals surface area contributed by atoms with Gasteiger partial charge in [-0.15, -0.1) is 0 Å². The summed E-state index contributed by atoms with van der Waals surface area (Å²) >= 11 is 0. The highest BCUT2D eigenvalue weighted by atomic mass is 14.9. The van der Waals surface area contributed by atoms with Crippen LogP contribution in [0.15, 0.2) is 97.6 Å². The average molecular weight is 388 g/mol. The second-order valence-corrected chi connectivity index (χ2v) is 8.46. The van der Waals surface area contributed by atoms with E-state index in [0.29, 0.717) is 0 Å². The van der Waals surface area contributed by atoms with Gasteiger partial charge in [0.05, 0.1) is 0 Å². The molecule has 0 bridgehead atoms. The summed E-state index contributed by atoms with van der Waals surface area (Å²) in [7, 11) is 0. The predicted octanol–water partition coefficient (Wildman–Crippen LogP) is 8.05.